The topological polar surface area (TPSA) is 12.0 Å². The van der Waals surface area contributed by atoms with Gasteiger partial charge >= 0.3 is 0 Å². The van der Waals surface area contributed by atoms with Gasteiger partial charge in [0.2, 0.25) is 0 Å². The molecule has 0 aliphatic carbocycles. The van der Waals surface area contributed by atoms with E-state index in [0.717, 1.165) is 12.1 Å². The summed E-state index contributed by atoms with van der Waals surface area (Å²) < 4.78 is 13.0. The highest BCUT2D eigenvalue weighted by Crippen LogP contribution is 2.27. The van der Waals surface area contributed by atoms with Crippen LogP contribution in [0.3, 0.4) is 0 Å². The molecule has 0 bridgehead atoms. The van der Waals surface area contributed by atoms with Crippen LogP contribution in [0.15, 0.2) is 42.5 Å². The maximum atomic E-state index is 13.0. The molecule has 0 fully saturated rings. The van der Waals surface area contributed by atoms with Crippen molar-refractivity contribution in [1.82, 2.24) is 0 Å². The Hall–Kier alpha value is -1.54. The summed E-state index contributed by atoms with van der Waals surface area (Å²) in [5, 5.41) is 3.72. The molecule has 0 spiro atoms. The van der Waals surface area contributed by atoms with Crippen LogP contribution in [-0.2, 0) is 6.42 Å². The van der Waals surface area contributed by atoms with Gasteiger partial charge in [-0.05, 0) is 49.1 Å². The van der Waals surface area contributed by atoms with Gasteiger partial charge in [-0.2, -0.15) is 0 Å². The Bertz CT molecular complexity index is 580. The molecule has 2 aromatic carbocycles. The predicted molar refractivity (Wildman–Crippen MR) is 88.5 cm³/mol. The van der Waals surface area contributed by atoms with Crippen molar-refractivity contribution in [2.45, 2.75) is 39.2 Å². The van der Waals surface area contributed by atoms with Crippen LogP contribution in [0.2, 0.25) is 5.02 Å². The number of hydrogen-bond donors (Lipinski definition) is 1. The zero-order valence-electron chi connectivity index (χ0n) is 12.5. The molecule has 0 amide bonds. The summed E-state index contributed by atoms with van der Waals surface area (Å²) >= 11 is 6.04. The van der Waals surface area contributed by atoms with Gasteiger partial charge in [0.1, 0.15) is 5.82 Å². The van der Waals surface area contributed by atoms with Gasteiger partial charge in [0.15, 0.2) is 0 Å². The lowest BCUT2D eigenvalue weighted by Gasteiger charge is -2.17. The summed E-state index contributed by atoms with van der Waals surface area (Å²) in [6.45, 7) is 4.27. The number of rotatable bonds is 6. The van der Waals surface area contributed by atoms with Crippen molar-refractivity contribution < 1.29 is 4.39 Å². The van der Waals surface area contributed by atoms with Crippen molar-refractivity contribution in [2.24, 2.45) is 0 Å². The maximum absolute atomic E-state index is 13.0. The summed E-state index contributed by atoms with van der Waals surface area (Å²) in [5.41, 5.74) is 3.31. The van der Waals surface area contributed by atoms with Crippen molar-refractivity contribution in [3.63, 3.8) is 0 Å². The molecule has 2 aromatic rings. The van der Waals surface area contributed by atoms with Gasteiger partial charge in [0.05, 0.1) is 10.7 Å². The van der Waals surface area contributed by atoms with Crippen LogP contribution in [0.5, 0.6) is 0 Å². The third-order valence-corrected chi connectivity index (χ3v) is 3.91. The van der Waals surface area contributed by atoms with Crippen LogP contribution in [0, 0.1) is 5.82 Å². The van der Waals surface area contributed by atoms with E-state index in [2.05, 4.69) is 43.4 Å². The van der Waals surface area contributed by atoms with E-state index in [9.17, 15) is 4.39 Å². The molecule has 0 saturated carbocycles. The van der Waals surface area contributed by atoms with E-state index in [4.69, 9.17) is 11.6 Å². The number of anilines is 1. The second-order valence-corrected chi connectivity index (χ2v) is 5.74. The Kier molecular flexibility index (Phi) is 5.63. The normalized spacial score (nSPS) is 12.2. The Morgan fingerprint density at radius 1 is 1.14 bits per heavy atom. The molecule has 0 radical (unpaired) electrons. The molecule has 0 aliphatic rings. The highest BCUT2D eigenvalue weighted by atomic mass is 35.5. The van der Waals surface area contributed by atoms with Crippen molar-refractivity contribution in [3.8, 4) is 0 Å². The second kappa shape index (κ2) is 7.46. The molecule has 1 N–H and O–H groups in total. The van der Waals surface area contributed by atoms with Crippen LogP contribution in [0.25, 0.3) is 0 Å². The molecule has 0 aliphatic heterocycles. The lowest BCUT2D eigenvalue weighted by Crippen LogP contribution is -2.07. The van der Waals surface area contributed by atoms with Crippen molar-refractivity contribution >= 4 is 17.3 Å². The first kappa shape index (κ1) is 15.8. The predicted octanol–water partition coefficient (Wildman–Crippen LogP) is 5.99. The Balaban J connectivity index is 2.04. The van der Waals surface area contributed by atoms with Gasteiger partial charge in [-0.25, -0.2) is 4.39 Å². The Morgan fingerprint density at radius 2 is 1.86 bits per heavy atom. The lowest BCUT2D eigenvalue weighted by atomic mass is 10.0. The number of aryl methyl sites for hydroxylation is 1. The molecule has 2 rings (SSSR count). The average Bonchev–Trinajstić information content (AvgIpc) is 2.48. The highest BCUT2D eigenvalue weighted by molar-refractivity contribution is 6.33. The van der Waals surface area contributed by atoms with Gasteiger partial charge in [-0.1, -0.05) is 49.2 Å². The van der Waals surface area contributed by atoms with E-state index in [1.807, 2.05) is 0 Å². The first-order valence-corrected chi connectivity index (χ1v) is 7.78. The highest BCUT2D eigenvalue weighted by Gasteiger charge is 2.08. The van der Waals surface area contributed by atoms with Crippen LogP contribution >= 0.6 is 11.6 Å². The number of nitrogens with one attached hydrogen (secondary N) is 1. The van der Waals surface area contributed by atoms with E-state index >= 15 is 0 Å². The summed E-state index contributed by atoms with van der Waals surface area (Å²) in [5.74, 6) is -0.321. The van der Waals surface area contributed by atoms with E-state index in [1.54, 1.807) is 6.07 Å². The molecule has 1 unspecified atom stereocenters. The number of hydrogen-bond acceptors (Lipinski definition) is 1. The van der Waals surface area contributed by atoms with Gasteiger partial charge < -0.3 is 5.32 Å². The zero-order valence-corrected chi connectivity index (χ0v) is 13.3. The van der Waals surface area contributed by atoms with Gasteiger partial charge in [-0.3, -0.25) is 0 Å². The zero-order chi connectivity index (χ0) is 15.2. The molecule has 3 heteroatoms. The second-order valence-electron chi connectivity index (χ2n) is 5.34. The minimum Gasteiger partial charge on any atom is -0.377 e. The largest absolute Gasteiger partial charge is 0.377 e. The van der Waals surface area contributed by atoms with E-state index in [0.29, 0.717) is 5.02 Å². The van der Waals surface area contributed by atoms with Crippen LogP contribution < -0.4 is 5.32 Å². The fourth-order valence-corrected chi connectivity index (χ4v) is 2.50. The van der Waals surface area contributed by atoms with Gasteiger partial charge in [0.25, 0.3) is 0 Å². The average molecular weight is 306 g/mol. The van der Waals surface area contributed by atoms with Crippen molar-refractivity contribution in [2.75, 3.05) is 5.32 Å². The minimum absolute atomic E-state index is 0.119. The lowest BCUT2D eigenvalue weighted by molar-refractivity contribution is 0.628. The van der Waals surface area contributed by atoms with Crippen molar-refractivity contribution in [3.05, 3.63) is 64.4 Å². The fraction of sp³-hybridized carbons (Fsp3) is 0.333. The molecule has 21 heavy (non-hydrogen) atoms. The van der Waals surface area contributed by atoms with Crippen LogP contribution in [0.4, 0.5) is 10.1 Å². The molecular formula is C18H21ClFN. The Morgan fingerprint density at radius 3 is 2.48 bits per heavy atom. The molecular weight excluding hydrogens is 285 g/mol. The summed E-state index contributed by atoms with van der Waals surface area (Å²) in [6, 6.07) is 13.2. The van der Waals surface area contributed by atoms with E-state index < -0.39 is 0 Å². The third kappa shape index (κ3) is 4.47. The molecule has 0 heterocycles. The standard InChI is InChI=1S/C18H21ClFN/c1-3-4-5-14-6-8-15(9-7-14)13(2)21-18-11-10-16(20)12-17(18)19/h6-13,21H,3-5H2,1-2H3. The molecule has 1 nitrogen and oxygen atoms in total. The summed E-state index contributed by atoms with van der Waals surface area (Å²) in [6.07, 6.45) is 3.56. The van der Waals surface area contributed by atoms with Crippen LogP contribution in [-0.4, -0.2) is 0 Å². The van der Waals surface area contributed by atoms with Crippen LogP contribution in [0.1, 0.15) is 43.9 Å². The summed E-state index contributed by atoms with van der Waals surface area (Å²) in [4.78, 5) is 0. The fourth-order valence-electron chi connectivity index (χ4n) is 2.28. The molecule has 0 saturated heterocycles. The van der Waals surface area contributed by atoms with Gasteiger partial charge in [-0.15, -0.1) is 0 Å². The molecule has 112 valence electrons. The number of benzene rings is 2. The summed E-state index contributed by atoms with van der Waals surface area (Å²) in [7, 11) is 0. The molecule has 1 atom stereocenters. The monoisotopic (exact) mass is 305 g/mol. The van der Waals surface area contributed by atoms with E-state index in [1.165, 1.54) is 36.1 Å². The SMILES string of the molecule is CCCCc1ccc(C(C)Nc2ccc(F)cc2Cl)cc1. The first-order valence-electron chi connectivity index (χ1n) is 7.40. The number of unbranched alkanes of at least 4 members (excludes halogenated alkanes) is 1. The van der Waals surface area contributed by atoms with Crippen molar-refractivity contribution in [1.29, 1.82) is 0 Å². The number of halogens is 2. The quantitative estimate of drug-likeness (QED) is 0.690. The first-order chi connectivity index (χ1) is 10.1. The maximum Gasteiger partial charge on any atom is 0.124 e. The minimum atomic E-state index is -0.321. The Labute approximate surface area is 131 Å². The van der Waals surface area contributed by atoms with E-state index in [-0.39, 0.29) is 11.9 Å². The molecule has 0 aromatic heterocycles. The third-order valence-electron chi connectivity index (χ3n) is 3.60. The van der Waals surface area contributed by atoms with Gasteiger partial charge in [0, 0.05) is 6.04 Å². The smallest absolute Gasteiger partial charge is 0.124 e.